The van der Waals surface area contributed by atoms with Crippen LogP contribution in [0.4, 0.5) is 0 Å². The van der Waals surface area contributed by atoms with Crippen molar-refractivity contribution in [3.8, 4) is 5.75 Å². The molecule has 0 radical (unpaired) electrons. The molecule has 0 aromatic heterocycles. The van der Waals surface area contributed by atoms with Crippen LogP contribution in [0.1, 0.15) is 29.5 Å². The van der Waals surface area contributed by atoms with Gasteiger partial charge in [0.2, 0.25) is 0 Å². The summed E-state index contributed by atoms with van der Waals surface area (Å²) in [6.45, 7) is 2.00. The van der Waals surface area contributed by atoms with E-state index in [1.54, 1.807) is 7.11 Å². The Morgan fingerprint density at radius 3 is 2.80 bits per heavy atom. The maximum atomic E-state index is 8.91. The number of methoxy groups -OCH3 is 1. The van der Waals surface area contributed by atoms with Crippen molar-refractivity contribution < 1.29 is 9.94 Å². The number of oxime groups is 1. The molecule has 1 aromatic carbocycles. The molecule has 0 heterocycles. The molecular formula is C12H15NO2. The molecule has 0 aliphatic heterocycles. The summed E-state index contributed by atoms with van der Waals surface area (Å²) in [6.07, 6.45) is 2.93. The fourth-order valence-electron chi connectivity index (χ4n) is 2.11. The highest BCUT2D eigenvalue weighted by atomic mass is 16.5. The van der Waals surface area contributed by atoms with Gasteiger partial charge in [-0.25, -0.2) is 0 Å². The monoisotopic (exact) mass is 205 g/mol. The van der Waals surface area contributed by atoms with E-state index in [0.717, 1.165) is 41.9 Å². The second-order valence-corrected chi connectivity index (χ2v) is 3.88. The van der Waals surface area contributed by atoms with Crippen molar-refractivity contribution in [2.75, 3.05) is 7.11 Å². The standard InChI is InChI=1S/C12H15NO2/c1-8-6-10-9(7-12(8)15-2)4-3-5-11(10)13-14/h6-7,14H,3-5H2,1-2H3. The van der Waals surface area contributed by atoms with Gasteiger partial charge in [-0.05, 0) is 49.4 Å². The minimum absolute atomic E-state index is 0.794. The second kappa shape index (κ2) is 3.93. The Morgan fingerprint density at radius 2 is 2.13 bits per heavy atom. The van der Waals surface area contributed by atoms with E-state index in [1.165, 1.54) is 5.56 Å². The first-order chi connectivity index (χ1) is 7.26. The Labute approximate surface area is 89.4 Å². The van der Waals surface area contributed by atoms with Gasteiger partial charge < -0.3 is 9.94 Å². The molecule has 1 aliphatic carbocycles. The lowest BCUT2D eigenvalue weighted by atomic mass is 9.88. The minimum atomic E-state index is 0.794. The van der Waals surface area contributed by atoms with Crippen molar-refractivity contribution in [1.29, 1.82) is 0 Å². The summed E-state index contributed by atoms with van der Waals surface area (Å²) in [4.78, 5) is 0. The van der Waals surface area contributed by atoms with Crippen molar-refractivity contribution in [3.05, 3.63) is 28.8 Å². The fraction of sp³-hybridized carbons (Fsp3) is 0.417. The first-order valence-electron chi connectivity index (χ1n) is 5.15. The third kappa shape index (κ3) is 1.69. The molecule has 0 amide bonds. The Bertz CT molecular complexity index is 410. The van der Waals surface area contributed by atoms with Gasteiger partial charge in [0.25, 0.3) is 0 Å². The molecule has 0 saturated heterocycles. The minimum Gasteiger partial charge on any atom is -0.496 e. The van der Waals surface area contributed by atoms with E-state index in [9.17, 15) is 0 Å². The molecule has 1 aromatic rings. The van der Waals surface area contributed by atoms with Crippen molar-refractivity contribution in [3.63, 3.8) is 0 Å². The van der Waals surface area contributed by atoms with Crippen LogP contribution in [-0.2, 0) is 6.42 Å². The quantitative estimate of drug-likeness (QED) is 0.565. The van der Waals surface area contributed by atoms with Gasteiger partial charge in [-0.1, -0.05) is 5.16 Å². The second-order valence-electron chi connectivity index (χ2n) is 3.88. The van der Waals surface area contributed by atoms with Crippen molar-refractivity contribution in [1.82, 2.24) is 0 Å². The molecule has 0 unspecified atom stereocenters. The van der Waals surface area contributed by atoms with Gasteiger partial charge in [-0.2, -0.15) is 0 Å². The third-order valence-electron chi connectivity index (χ3n) is 2.91. The van der Waals surface area contributed by atoms with Gasteiger partial charge in [-0.3, -0.25) is 0 Å². The Balaban J connectivity index is 2.55. The lowest BCUT2D eigenvalue weighted by Crippen LogP contribution is -2.12. The summed E-state index contributed by atoms with van der Waals surface area (Å²) in [5, 5.41) is 12.3. The molecule has 3 nitrogen and oxygen atoms in total. The molecule has 80 valence electrons. The van der Waals surface area contributed by atoms with Crippen LogP contribution in [0.2, 0.25) is 0 Å². The van der Waals surface area contributed by atoms with Crippen LogP contribution >= 0.6 is 0 Å². The average molecular weight is 205 g/mol. The lowest BCUT2D eigenvalue weighted by Gasteiger charge is -2.18. The van der Waals surface area contributed by atoms with E-state index in [-0.39, 0.29) is 0 Å². The fourth-order valence-corrected chi connectivity index (χ4v) is 2.11. The predicted octanol–water partition coefficient (Wildman–Crippen LogP) is 2.52. The van der Waals surface area contributed by atoms with Crippen LogP contribution < -0.4 is 4.74 Å². The molecule has 3 heteroatoms. The Morgan fingerprint density at radius 1 is 1.33 bits per heavy atom. The van der Waals surface area contributed by atoms with E-state index in [2.05, 4.69) is 11.2 Å². The smallest absolute Gasteiger partial charge is 0.122 e. The van der Waals surface area contributed by atoms with Crippen molar-refractivity contribution in [2.45, 2.75) is 26.2 Å². The number of aryl methyl sites for hydroxylation is 2. The number of fused-ring (bicyclic) bond motifs is 1. The highest BCUT2D eigenvalue weighted by molar-refractivity contribution is 6.02. The molecule has 15 heavy (non-hydrogen) atoms. The lowest BCUT2D eigenvalue weighted by molar-refractivity contribution is 0.317. The summed E-state index contributed by atoms with van der Waals surface area (Å²) >= 11 is 0. The largest absolute Gasteiger partial charge is 0.496 e. The molecular weight excluding hydrogens is 190 g/mol. The van der Waals surface area contributed by atoms with Crippen LogP contribution in [0, 0.1) is 6.92 Å². The van der Waals surface area contributed by atoms with E-state index < -0.39 is 0 Å². The number of nitrogens with zero attached hydrogens (tertiary/aromatic N) is 1. The molecule has 0 fully saturated rings. The summed E-state index contributed by atoms with van der Waals surface area (Å²) in [5.41, 5.74) is 4.17. The summed E-state index contributed by atoms with van der Waals surface area (Å²) < 4.78 is 5.28. The maximum Gasteiger partial charge on any atom is 0.122 e. The van der Waals surface area contributed by atoms with E-state index in [0.29, 0.717) is 0 Å². The summed E-state index contributed by atoms with van der Waals surface area (Å²) in [7, 11) is 1.68. The van der Waals surface area contributed by atoms with Gasteiger partial charge >= 0.3 is 0 Å². The van der Waals surface area contributed by atoms with Gasteiger partial charge in [-0.15, -0.1) is 0 Å². The maximum absolute atomic E-state index is 8.91. The van der Waals surface area contributed by atoms with Crippen LogP contribution in [0.5, 0.6) is 5.75 Å². The number of ether oxygens (including phenoxy) is 1. The number of benzene rings is 1. The normalized spacial score (nSPS) is 17.6. The first-order valence-corrected chi connectivity index (χ1v) is 5.15. The van der Waals surface area contributed by atoms with Crippen molar-refractivity contribution in [2.24, 2.45) is 5.16 Å². The Kier molecular flexibility index (Phi) is 2.62. The molecule has 0 atom stereocenters. The number of hydrogen-bond acceptors (Lipinski definition) is 3. The number of rotatable bonds is 1. The van der Waals surface area contributed by atoms with E-state index in [1.807, 2.05) is 13.0 Å². The van der Waals surface area contributed by atoms with Gasteiger partial charge in [0, 0.05) is 5.56 Å². The highest BCUT2D eigenvalue weighted by Crippen LogP contribution is 2.28. The van der Waals surface area contributed by atoms with Crippen LogP contribution in [-0.4, -0.2) is 18.0 Å². The van der Waals surface area contributed by atoms with E-state index >= 15 is 0 Å². The zero-order valence-corrected chi connectivity index (χ0v) is 9.08. The number of hydrogen-bond donors (Lipinski definition) is 1. The molecule has 1 aliphatic rings. The third-order valence-corrected chi connectivity index (χ3v) is 2.91. The van der Waals surface area contributed by atoms with Crippen LogP contribution in [0.15, 0.2) is 17.3 Å². The summed E-state index contributed by atoms with van der Waals surface area (Å²) in [6, 6.07) is 4.09. The highest BCUT2D eigenvalue weighted by Gasteiger charge is 2.17. The molecule has 0 bridgehead atoms. The van der Waals surface area contributed by atoms with Crippen LogP contribution in [0.3, 0.4) is 0 Å². The average Bonchev–Trinajstić information content (AvgIpc) is 2.27. The predicted molar refractivity (Wildman–Crippen MR) is 59.0 cm³/mol. The van der Waals surface area contributed by atoms with Crippen LogP contribution in [0.25, 0.3) is 0 Å². The zero-order chi connectivity index (χ0) is 10.8. The van der Waals surface area contributed by atoms with Gasteiger partial charge in [0.15, 0.2) is 0 Å². The van der Waals surface area contributed by atoms with Gasteiger partial charge in [0.05, 0.1) is 12.8 Å². The summed E-state index contributed by atoms with van der Waals surface area (Å²) in [5.74, 6) is 0.910. The Hall–Kier alpha value is -1.51. The van der Waals surface area contributed by atoms with Gasteiger partial charge in [0.1, 0.15) is 5.75 Å². The van der Waals surface area contributed by atoms with E-state index in [4.69, 9.17) is 9.94 Å². The SMILES string of the molecule is COc1cc2c(cc1C)C(=NO)CCC2. The topological polar surface area (TPSA) is 41.8 Å². The molecule has 0 spiro atoms. The zero-order valence-electron chi connectivity index (χ0n) is 9.08. The molecule has 0 saturated carbocycles. The van der Waals surface area contributed by atoms with Crippen molar-refractivity contribution >= 4 is 5.71 Å². The first kappa shape index (κ1) is 10.0. The molecule has 1 N–H and O–H groups in total. The molecule has 2 rings (SSSR count).